The average molecular weight is 247 g/mol. The molecule has 1 heteroatoms. The first-order chi connectivity index (χ1) is 8.93. The first kappa shape index (κ1) is 15.1. The number of hydrogen-bond donors (Lipinski definition) is 0. The topological polar surface area (TPSA) is 9.23 Å². The van der Waals surface area contributed by atoms with Gasteiger partial charge in [0.15, 0.2) is 0 Å². The summed E-state index contributed by atoms with van der Waals surface area (Å²) in [7, 11) is 0. The SMILES string of the molecule is CCCCCCCCCC[CH]Oc1ccccc1. The number of hydrogen-bond acceptors (Lipinski definition) is 1. The van der Waals surface area contributed by atoms with Gasteiger partial charge in [-0.2, -0.15) is 0 Å². The molecule has 1 radical (unpaired) electrons. The molecule has 0 unspecified atom stereocenters. The zero-order valence-electron chi connectivity index (χ0n) is 11.7. The van der Waals surface area contributed by atoms with Crippen LogP contribution in [0.25, 0.3) is 0 Å². The molecule has 0 heterocycles. The fraction of sp³-hybridized carbons (Fsp3) is 0.588. The van der Waals surface area contributed by atoms with Gasteiger partial charge < -0.3 is 4.74 Å². The number of unbranched alkanes of at least 4 members (excludes halogenated alkanes) is 8. The first-order valence-corrected chi connectivity index (χ1v) is 7.47. The van der Waals surface area contributed by atoms with Crippen molar-refractivity contribution < 1.29 is 4.74 Å². The van der Waals surface area contributed by atoms with Crippen LogP contribution >= 0.6 is 0 Å². The molecule has 1 aromatic carbocycles. The van der Waals surface area contributed by atoms with Gasteiger partial charge in [0.2, 0.25) is 0 Å². The van der Waals surface area contributed by atoms with E-state index < -0.39 is 0 Å². The zero-order valence-corrected chi connectivity index (χ0v) is 11.7. The Hall–Kier alpha value is -0.980. The van der Waals surface area contributed by atoms with Crippen LogP contribution in [0.5, 0.6) is 5.75 Å². The van der Waals surface area contributed by atoms with Gasteiger partial charge in [0, 0.05) is 0 Å². The van der Waals surface area contributed by atoms with Crippen molar-refractivity contribution in [1.82, 2.24) is 0 Å². The lowest BCUT2D eigenvalue weighted by atomic mass is 10.1. The molecule has 18 heavy (non-hydrogen) atoms. The highest BCUT2D eigenvalue weighted by atomic mass is 16.5. The van der Waals surface area contributed by atoms with Gasteiger partial charge in [0.1, 0.15) is 12.4 Å². The molecular weight excluding hydrogens is 220 g/mol. The Balaban J connectivity index is 1.82. The highest BCUT2D eigenvalue weighted by Gasteiger charge is 1.94. The summed E-state index contributed by atoms with van der Waals surface area (Å²) in [6, 6.07) is 9.98. The third-order valence-corrected chi connectivity index (χ3v) is 3.14. The van der Waals surface area contributed by atoms with Crippen LogP contribution < -0.4 is 4.74 Å². The van der Waals surface area contributed by atoms with Gasteiger partial charge in [-0.3, -0.25) is 0 Å². The van der Waals surface area contributed by atoms with Crippen LogP contribution in [0.2, 0.25) is 0 Å². The van der Waals surface area contributed by atoms with E-state index in [4.69, 9.17) is 4.74 Å². The van der Waals surface area contributed by atoms with E-state index in [9.17, 15) is 0 Å². The molecule has 0 atom stereocenters. The van der Waals surface area contributed by atoms with E-state index >= 15 is 0 Å². The van der Waals surface area contributed by atoms with Crippen molar-refractivity contribution in [3.8, 4) is 5.75 Å². The van der Waals surface area contributed by atoms with E-state index in [1.165, 1.54) is 51.4 Å². The molecule has 1 rings (SSSR count). The van der Waals surface area contributed by atoms with Gasteiger partial charge in [0.25, 0.3) is 0 Å². The minimum absolute atomic E-state index is 0.942. The Kier molecular flexibility index (Phi) is 9.32. The Morgan fingerprint density at radius 2 is 1.44 bits per heavy atom. The van der Waals surface area contributed by atoms with Crippen LogP contribution in [0, 0.1) is 6.61 Å². The summed E-state index contributed by atoms with van der Waals surface area (Å²) in [5.41, 5.74) is 0. The van der Waals surface area contributed by atoms with Crippen LogP contribution in [-0.4, -0.2) is 0 Å². The van der Waals surface area contributed by atoms with Crippen molar-refractivity contribution in [1.29, 1.82) is 0 Å². The van der Waals surface area contributed by atoms with Gasteiger partial charge in [-0.1, -0.05) is 70.1 Å². The highest BCUT2D eigenvalue weighted by Crippen LogP contribution is 2.13. The fourth-order valence-corrected chi connectivity index (χ4v) is 2.02. The lowest BCUT2D eigenvalue weighted by Gasteiger charge is -2.04. The van der Waals surface area contributed by atoms with Gasteiger partial charge >= 0.3 is 0 Å². The first-order valence-electron chi connectivity index (χ1n) is 7.47. The van der Waals surface area contributed by atoms with Crippen molar-refractivity contribution in [3.05, 3.63) is 36.9 Å². The quantitative estimate of drug-likeness (QED) is 0.452. The molecule has 101 valence electrons. The molecule has 0 saturated heterocycles. The maximum atomic E-state index is 5.54. The van der Waals surface area contributed by atoms with E-state index in [0.29, 0.717) is 0 Å². The van der Waals surface area contributed by atoms with Crippen LogP contribution in [0.3, 0.4) is 0 Å². The molecule has 0 amide bonds. The van der Waals surface area contributed by atoms with E-state index in [2.05, 4.69) is 6.92 Å². The third-order valence-electron chi connectivity index (χ3n) is 3.14. The van der Waals surface area contributed by atoms with Gasteiger partial charge in [-0.05, 0) is 25.0 Å². The predicted molar refractivity (Wildman–Crippen MR) is 78.6 cm³/mol. The monoisotopic (exact) mass is 247 g/mol. The molecule has 0 bridgehead atoms. The van der Waals surface area contributed by atoms with Gasteiger partial charge in [-0.25, -0.2) is 0 Å². The summed E-state index contributed by atoms with van der Waals surface area (Å²) in [5, 5.41) is 0. The maximum absolute atomic E-state index is 5.54. The molecule has 1 aromatic rings. The van der Waals surface area contributed by atoms with Gasteiger partial charge in [-0.15, -0.1) is 0 Å². The third kappa shape index (κ3) is 8.16. The van der Waals surface area contributed by atoms with Crippen molar-refractivity contribution in [2.45, 2.75) is 64.7 Å². The van der Waals surface area contributed by atoms with Crippen LogP contribution in [0.4, 0.5) is 0 Å². The summed E-state index contributed by atoms with van der Waals surface area (Å²) in [6.07, 6.45) is 12.0. The Morgan fingerprint density at radius 1 is 0.833 bits per heavy atom. The summed E-state index contributed by atoms with van der Waals surface area (Å²) in [5.74, 6) is 0.942. The second kappa shape index (κ2) is 11.1. The Bertz CT molecular complexity index is 268. The number of para-hydroxylation sites is 1. The van der Waals surface area contributed by atoms with E-state index in [0.717, 1.165) is 12.2 Å². The second-order valence-corrected chi connectivity index (χ2v) is 4.86. The average Bonchev–Trinajstić information content (AvgIpc) is 2.42. The minimum atomic E-state index is 0.942. The molecule has 0 saturated carbocycles. The fourth-order valence-electron chi connectivity index (χ4n) is 2.02. The molecular formula is C17H27O. The molecule has 0 spiro atoms. The molecule has 0 fully saturated rings. The largest absolute Gasteiger partial charge is 0.487 e. The lowest BCUT2D eigenvalue weighted by Crippen LogP contribution is -1.90. The van der Waals surface area contributed by atoms with E-state index in [1.54, 1.807) is 0 Å². The molecule has 0 aliphatic heterocycles. The van der Waals surface area contributed by atoms with Gasteiger partial charge in [0.05, 0.1) is 0 Å². The van der Waals surface area contributed by atoms with E-state index in [-0.39, 0.29) is 0 Å². The second-order valence-electron chi connectivity index (χ2n) is 4.86. The summed E-state index contributed by atoms with van der Waals surface area (Å²) >= 11 is 0. The zero-order chi connectivity index (χ0) is 12.9. The Morgan fingerprint density at radius 3 is 2.11 bits per heavy atom. The summed E-state index contributed by atoms with van der Waals surface area (Å²) < 4.78 is 5.54. The molecule has 0 aliphatic carbocycles. The summed E-state index contributed by atoms with van der Waals surface area (Å²) in [6.45, 7) is 4.20. The van der Waals surface area contributed by atoms with Crippen molar-refractivity contribution in [2.24, 2.45) is 0 Å². The minimum Gasteiger partial charge on any atom is -0.487 e. The summed E-state index contributed by atoms with van der Waals surface area (Å²) in [4.78, 5) is 0. The standard InChI is InChI=1S/C17H27O/c1-2-3-4-5-6-7-8-9-13-16-18-17-14-11-10-12-15-17/h10-12,14-16H,2-9,13H2,1H3. The molecule has 0 aromatic heterocycles. The molecule has 0 aliphatic rings. The normalized spacial score (nSPS) is 10.5. The van der Waals surface area contributed by atoms with Crippen molar-refractivity contribution in [3.63, 3.8) is 0 Å². The van der Waals surface area contributed by atoms with Crippen molar-refractivity contribution in [2.75, 3.05) is 0 Å². The van der Waals surface area contributed by atoms with Crippen LogP contribution in [0.1, 0.15) is 64.7 Å². The van der Waals surface area contributed by atoms with Crippen LogP contribution in [0.15, 0.2) is 30.3 Å². The smallest absolute Gasteiger partial charge is 0.135 e. The molecule has 1 nitrogen and oxygen atoms in total. The number of ether oxygens (including phenoxy) is 1. The van der Waals surface area contributed by atoms with E-state index in [1.807, 2.05) is 36.9 Å². The molecule has 0 N–H and O–H groups in total. The lowest BCUT2D eigenvalue weighted by molar-refractivity contribution is 0.383. The predicted octanol–water partition coefficient (Wildman–Crippen LogP) is 5.76. The number of benzene rings is 1. The van der Waals surface area contributed by atoms with Crippen LogP contribution in [-0.2, 0) is 0 Å². The maximum Gasteiger partial charge on any atom is 0.135 e. The Labute approximate surface area is 113 Å². The van der Waals surface area contributed by atoms with Crippen molar-refractivity contribution >= 4 is 0 Å². The number of rotatable bonds is 11. The highest BCUT2D eigenvalue weighted by molar-refractivity contribution is 5.21.